The number of carbonyl (C=O) groups excluding carboxylic acids is 1. The van der Waals surface area contributed by atoms with Gasteiger partial charge in [-0.15, -0.1) is 0 Å². The van der Waals surface area contributed by atoms with Crippen molar-refractivity contribution >= 4 is 17.7 Å². The maximum absolute atomic E-state index is 12.4. The van der Waals surface area contributed by atoms with Gasteiger partial charge in [-0.05, 0) is 43.7 Å². The van der Waals surface area contributed by atoms with E-state index in [2.05, 4.69) is 11.6 Å². The van der Waals surface area contributed by atoms with Crippen molar-refractivity contribution in [2.45, 2.75) is 36.9 Å². The Morgan fingerprint density at radius 3 is 2.70 bits per heavy atom. The lowest BCUT2D eigenvalue weighted by molar-refractivity contribution is 0.0948. The van der Waals surface area contributed by atoms with Crippen LogP contribution in [0.2, 0.25) is 0 Å². The van der Waals surface area contributed by atoms with Gasteiger partial charge in [-0.3, -0.25) is 4.79 Å². The molecular weight excluding hydrogens is 268 g/mol. The number of amides is 1. The summed E-state index contributed by atoms with van der Waals surface area (Å²) in [5.74, 6) is 0.0365. The highest BCUT2D eigenvalue weighted by molar-refractivity contribution is 8.00. The Labute approximate surface area is 125 Å². The normalized spacial score (nSPS) is 17.1. The molecule has 1 aromatic carbocycles. The summed E-state index contributed by atoms with van der Waals surface area (Å²) in [5.41, 5.74) is 7.42. The zero-order valence-corrected chi connectivity index (χ0v) is 13.0. The first-order valence-electron chi connectivity index (χ1n) is 7.32. The van der Waals surface area contributed by atoms with Gasteiger partial charge in [0.15, 0.2) is 0 Å². The topological polar surface area (TPSA) is 55.1 Å². The zero-order chi connectivity index (χ0) is 14.4. The largest absolute Gasteiger partial charge is 0.351 e. The second kappa shape index (κ2) is 7.14. The third-order valence-corrected chi connectivity index (χ3v) is 5.61. The van der Waals surface area contributed by atoms with Crippen molar-refractivity contribution in [3.8, 4) is 0 Å². The molecule has 0 spiro atoms. The maximum Gasteiger partial charge on any atom is 0.251 e. The molecule has 0 atom stereocenters. The fraction of sp³-hybridized carbons (Fsp3) is 0.562. The van der Waals surface area contributed by atoms with E-state index in [4.69, 9.17) is 5.73 Å². The van der Waals surface area contributed by atoms with E-state index in [9.17, 15) is 4.79 Å². The number of benzene rings is 1. The van der Waals surface area contributed by atoms with E-state index in [0.29, 0.717) is 6.54 Å². The average molecular weight is 292 g/mol. The molecule has 1 aromatic rings. The molecule has 0 aromatic heterocycles. The molecule has 1 aliphatic carbocycles. The molecule has 0 saturated heterocycles. The second-order valence-electron chi connectivity index (χ2n) is 5.47. The van der Waals surface area contributed by atoms with E-state index in [1.165, 1.54) is 25.7 Å². The van der Waals surface area contributed by atoms with Crippen LogP contribution in [0.1, 0.15) is 41.6 Å². The quantitative estimate of drug-likeness (QED) is 0.847. The number of carbonyl (C=O) groups is 1. The highest BCUT2D eigenvalue weighted by Gasteiger charge is 2.33. The minimum atomic E-state index is 0.0365. The molecule has 0 aliphatic heterocycles. The fourth-order valence-corrected chi connectivity index (χ4v) is 3.84. The van der Waals surface area contributed by atoms with E-state index >= 15 is 0 Å². The van der Waals surface area contributed by atoms with Crippen molar-refractivity contribution < 1.29 is 4.79 Å². The molecule has 1 saturated carbocycles. The number of rotatable bonds is 6. The molecule has 20 heavy (non-hydrogen) atoms. The third kappa shape index (κ3) is 3.55. The molecule has 1 fully saturated rings. The molecule has 4 heteroatoms. The van der Waals surface area contributed by atoms with Gasteiger partial charge in [0.05, 0.1) is 0 Å². The van der Waals surface area contributed by atoms with Crippen LogP contribution in [-0.4, -0.2) is 30.0 Å². The minimum Gasteiger partial charge on any atom is -0.351 e. The van der Waals surface area contributed by atoms with Crippen LogP contribution in [0.15, 0.2) is 24.3 Å². The van der Waals surface area contributed by atoms with Gasteiger partial charge < -0.3 is 11.1 Å². The Morgan fingerprint density at radius 1 is 1.35 bits per heavy atom. The number of nitrogens with one attached hydrogen (secondary N) is 1. The van der Waals surface area contributed by atoms with Gasteiger partial charge >= 0.3 is 0 Å². The summed E-state index contributed by atoms with van der Waals surface area (Å²) in [6.45, 7) is 1.34. The predicted molar refractivity (Wildman–Crippen MR) is 86.2 cm³/mol. The number of thioether (sulfide) groups is 1. The minimum absolute atomic E-state index is 0.0365. The maximum atomic E-state index is 12.4. The lowest BCUT2D eigenvalue weighted by Gasteiger charge is -2.27. The van der Waals surface area contributed by atoms with Crippen LogP contribution in [0.3, 0.4) is 0 Å². The molecule has 2 rings (SSSR count). The second-order valence-corrected chi connectivity index (χ2v) is 6.75. The molecule has 0 bridgehead atoms. The Morgan fingerprint density at radius 2 is 2.05 bits per heavy atom. The van der Waals surface area contributed by atoms with Gasteiger partial charge in [-0.25, -0.2) is 0 Å². The molecule has 1 aliphatic rings. The lowest BCUT2D eigenvalue weighted by Crippen LogP contribution is -2.38. The molecule has 110 valence electrons. The molecule has 0 heterocycles. The van der Waals surface area contributed by atoms with Crippen molar-refractivity contribution in [3.63, 3.8) is 0 Å². The van der Waals surface area contributed by atoms with Crippen molar-refractivity contribution in [1.29, 1.82) is 0 Å². The molecule has 0 unspecified atom stereocenters. The lowest BCUT2D eigenvalue weighted by atomic mass is 10.0. The van der Waals surface area contributed by atoms with E-state index in [0.717, 1.165) is 24.1 Å². The van der Waals surface area contributed by atoms with Crippen LogP contribution >= 0.6 is 11.8 Å². The third-order valence-electron chi connectivity index (χ3n) is 4.19. The first kappa shape index (κ1) is 15.4. The summed E-state index contributed by atoms with van der Waals surface area (Å²) in [6, 6.07) is 7.75. The Hall–Kier alpha value is -1.00. The number of hydrogen-bond donors (Lipinski definition) is 2. The SMILES string of the molecule is CSC1(CNC(=O)c2ccccc2CCN)CCCC1. The van der Waals surface area contributed by atoms with Crippen molar-refractivity contribution in [2.75, 3.05) is 19.3 Å². The van der Waals surface area contributed by atoms with Crippen molar-refractivity contribution in [1.82, 2.24) is 5.32 Å². The van der Waals surface area contributed by atoms with Crippen LogP contribution in [0.4, 0.5) is 0 Å². The van der Waals surface area contributed by atoms with Crippen LogP contribution in [0.5, 0.6) is 0 Å². The van der Waals surface area contributed by atoms with Gasteiger partial charge in [0.1, 0.15) is 0 Å². The van der Waals surface area contributed by atoms with E-state index in [-0.39, 0.29) is 10.7 Å². The summed E-state index contributed by atoms with van der Waals surface area (Å²) in [4.78, 5) is 12.4. The number of nitrogens with two attached hydrogens (primary N) is 1. The summed E-state index contributed by atoms with van der Waals surface area (Å²) in [6.07, 6.45) is 7.87. The number of hydrogen-bond acceptors (Lipinski definition) is 3. The van der Waals surface area contributed by atoms with E-state index in [1.54, 1.807) is 0 Å². The predicted octanol–water partition coefficient (Wildman–Crippen LogP) is 2.59. The molecular formula is C16H24N2OS. The van der Waals surface area contributed by atoms with Crippen molar-refractivity contribution in [3.05, 3.63) is 35.4 Å². The summed E-state index contributed by atoms with van der Waals surface area (Å²) in [5, 5.41) is 3.13. The first-order chi connectivity index (χ1) is 9.71. The Bertz CT molecular complexity index is 456. The van der Waals surface area contributed by atoms with Crippen LogP contribution < -0.4 is 11.1 Å². The highest BCUT2D eigenvalue weighted by atomic mass is 32.2. The average Bonchev–Trinajstić information content (AvgIpc) is 2.95. The van der Waals surface area contributed by atoms with E-state index < -0.39 is 0 Å². The molecule has 3 nitrogen and oxygen atoms in total. The Balaban J connectivity index is 2.01. The first-order valence-corrected chi connectivity index (χ1v) is 8.54. The summed E-state index contributed by atoms with van der Waals surface area (Å²) < 4.78 is 0.248. The van der Waals surface area contributed by atoms with E-state index in [1.807, 2.05) is 36.0 Å². The highest BCUT2D eigenvalue weighted by Crippen LogP contribution is 2.39. The Kier molecular flexibility index (Phi) is 5.49. The van der Waals surface area contributed by atoms with Gasteiger partial charge in [0.2, 0.25) is 0 Å². The fourth-order valence-electron chi connectivity index (χ4n) is 2.92. The molecule has 0 radical (unpaired) electrons. The summed E-state index contributed by atoms with van der Waals surface area (Å²) in [7, 11) is 0. The summed E-state index contributed by atoms with van der Waals surface area (Å²) >= 11 is 1.90. The van der Waals surface area contributed by atoms with Crippen LogP contribution in [0.25, 0.3) is 0 Å². The van der Waals surface area contributed by atoms with Crippen LogP contribution in [0, 0.1) is 0 Å². The van der Waals surface area contributed by atoms with Gasteiger partial charge in [0, 0.05) is 16.9 Å². The van der Waals surface area contributed by atoms with Crippen molar-refractivity contribution in [2.24, 2.45) is 5.73 Å². The molecule has 1 amide bonds. The van der Waals surface area contributed by atoms with Crippen LogP contribution in [-0.2, 0) is 6.42 Å². The molecule has 3 N–H and O–H groups in total. The smallest absolute Gasteiger partial charge is 0.251 e. The monoisotopic (exact) mass is 292 g/mol. The standard InChI is InChI=1S/C16H24N2OS/c1-20-16(9-4-5-10-16)12-18-15(19)14-7-3-2-6-13(14)8-11-17/h2-3,6-7H,4-5,8-12,17H2,1H3,(H,18,19). The van der Waals surface area contributed by atoms with Gasteiger partial charge in [-0.1, -0.05) is 31.0 Å². The van der Waals surface area contributed by atoms with Gasteiger partial charge in [0.25, 0.3) is 5.91 Å². The zero-order valence-electron chi connectivity index (χ0n) is 12.2. The van der Waals surface area contributed by atoms with Gasteiger partial charge in [-0.2, -0.15) is 11.8 Å².